The zero-order valence-corrected chi connectivity index (χ0v) is 6.98. The van der Waals surface area contributed by atoms with Crippen molar-refractivity contribution in [1.29, 1.82) is 0 Å². The summed E-state index contributed by atoms with van der Waals surface area (Å²) < 4.78 is 0. The SMILES string of the molecule is CCC(CC)(CC)C(=O)O.[NaH]. The standard InChI is InChI=1S/C8H16O2.Na.H/c1-4-8(5-2,6-3)7(9)10;;/h4-6H2,1-3H3,(H,9,10);;. The molecular formula is C8H17NaO2. The zero-order valence-electron chi connectivity index (χ0n) is 6.98. The molecule has 0 saturated heterocycles. The third-order valence-electron chi connectivity index (χ3n) is 2.48. The van der Waals surface area contributed by atoms with Crippen LogP contribution in [0.5, 0.6) is 0 Å². The molecule has 62 valence electrons. The van der Waals surface area contributed by atoms with Crippen LogP contribution in [0.1, 0.15) is 40.0 Å². The van der Waals surface area contributed by atoms with Gasteiger partial charge >= 0.3 is 35.5 Å². The molecule has 0 saturated carbocycles. The fraction of sp³-hybridized carbons (Fsp3) is 0.875. The van der Waals surface area contributed by atoms with E-state index in [2.05, 4.69) is 0 Å². The Labute approximate surface area is 90.7 Å². The van der Waals surface area contributed by atoms with Crippen molar-refractivity contribution >= 4 is 35.5 Å². The molecule has 2 nitrogen and oxygen atoms in total. The summed E-state index contributed by atoms with van der Waals surface area (Å²) in [5.74, 6) is -0.653. The number of hydrogen-bond acceptors (Lipinski definition) is 1. The summed E-state index contributed by atoms with van der Waals surface area (Å²) in [4.78, 5) is 10.7. The molecule has 0 unspecified atom stereocenters. The molecule has 0 spiro atoms. The van der Waals surface area contributed by atoms with E-state index in [4.69, 9.17) is 5.11 Å². The molecule has 0 aliphatic carbocycles. The molecule has 0 aromatic carbocycles. The van der Waals surface area contributed by atoms with Crippen LogP contribution in [0.2, 0.25) is 0 Å². The summed E-state index contributed by atoms with van der Waals surface area (Å²) >= 11 is 0. The normalized spacial score (nSPS) is 10.5. The van der Waals surface area contributed by atoms with Gasteiger partial charge in [0.1, 0.15) is 0 Å². The van der Waals surface area contributed by atoms with E-state index in [0.717, 1.165) is 19.3 Å². The molecular weight excluding hydrogens is 151 g/mol. The predicted octanol–water partition coefficient (Wildman–Crippen LogP) is 1.64. The topological polar surface area (TPSA) is 37.3 Å². The van der Waals surface area contributed by atoms with E-state index >= 15 is 0 Å². The zero-order chi connectivity index (χ0) is 8.20. The molecule has 0 amide bonds. The van der Waals surface area contributed by atoms with E-state index in [1.807, 2.05) is 20.8 Å². The number of rotatable bonds is 4. The van der Waals surface area contributed by atoms with E-state index in [1.165, 1.54) is 0 Å². The first-order valence-corrected chi connectivity index (χ1v) is 3.86. The molecule has 3 heteroatoms. The summed E-state index contributed by atoms with van der Waals surface area (Å²) in [6, 6.07) is 0. The molecule has 11 heavy (non-hydrogen) atoms. The molecule has 1 N–H and O–H groups in total. The van der Waals surface area contributed by atoms with E-state index in [1.54, 1.807) is 0 Å². The molecule has 0 bridgehead atoms. The van der Waals surface area contributed by atoms with Crippen LogP contribution < -0.4 is 0 Å². The van der Waals surface area contributed by atoms with Gasteiger partial charge in [0, 0.05) is 0 Å². The Kier molecular flexibility index (Phi) is 7.70. The molecule has 0 heterocycles. The number of carboxylic acids is 1. The third-order valence-corrected chi connectivity index (χ3v) is 2.48. The number of carbonyl (C=O) groups is 1. The Morgan fingerprint density at radius 1 is 1.18 bits per heavy atom. The molecule has 0 atom stereocenters. The Hall–Kier alpha value is 0.470. The second kappa shape index (κ2) is 6.04. The Morgan fingerprint density at radius 3 is 1.45 bits per heavy atom. The number of aliphatic carboxylic acids is 1. The van der Waals surface area contributed by atoms with Crippen LogP contribution in [0.4, 0.5) is 0 Å². The fourth-order valence-corrected chi connectivity index (χ4v) is 1.20. The molecule has 0 aliphatic rings. The summed E-state index contributed by atoms with van der Waals surface area (Å²) in [7, 11) is 0. The van der Waals surface area contributed by atoms with E-state index < -0.39 is 11.4 Å². The molecule has 0 radical (unpaired) electrons. The second-order valence-electron chi connectivity index (χ2n) is 2.65. The quantitative estimate of drug-likeness (QED) is 0.648. The van der Waals surface area contributed by atoms with Crippen LogP contribution in [0.25, 0.3) is 0 Å². The summed E-state index contributed by atoms with van der Waals surface area (Å²) in [5.41, 5.74) is -0.458. The van der Waals surface area contributed by atoms with Gasteiger partial charge in [-0.15, -0.1) is 0 Å². The number of hydrogen-bond donors (Lipinski definition) is 1. The Bertz CT molecular complexity index is 111. The maximum atomic E-state index is 10.7. The summed E-state index contributed by atoms with van der Waals surface area (Å²) in [5, 5.41) is 8.82. The van der Waals surface area contributed by atoms with Crippen LogP contribution in [0.15, 0.2) is 0 Å². The predicted molar refractivity (Wildman–Crippen MR) is 48.1 cm³/mol. The van der Waals surface area contributed by atoms with Crippen LogP contribution in [-0.4, -0.2) is 40.6 Å². The van der Waals surface area contributed by atoms with Gasteiger partial charge in [-0.05, 0) is 19.3 Å². The van der Waals surface area contributed by atoms with Crippen molar-refractivity contribution in [2.24, 2.45) is 5.41 Å². The maximum absolute atomic E-state index is 10.7. The van der Waals surface area contributed by atoms with E-state index in [-0.39, 0.29) is 29.6 Å². The van der Waals surface area contributed by atoms with Gasteiger partial charge in [0.2, 0.25) is 0 Å². The number of carboxylic acid groups (broad SMARTS) is 1. The molecule has 0 fully saturated rings. The van der Waals surface area contributed by atoms with Gasteiger partial charge in [-0.3, -0.25) is 4.79 Å². The van der Waals surface area contributed by atoms with Crippen LogP contribution >= 0.6 is 0 Å². The first kappa shape index (κ1) is 14.0. The van der Waals surface area contributed by atoms with Crippen LogP contribution in [-0.2, 0) is 4.79 Å². The Balaban J connectivity index is 0. The van der Waals surface area contributed by atoms with Gasteiger partial charge < -0.3 is 5.11 Å². The van der Waals surface area contributed by atoms with Gasteiger partial charge in [-0.25, -0.2) is 0 Å². The molecule has 0 rings (SSSR count). The van der Waals surface area contributed by atoms with Gasteiger partial charge in [0.05, 0.1) is 5.41 Å². The first-order chi connectivity index (χ1) is 4.63. The van der Waals surface area contributed by atoms with Crippen molar-refractivity contribution in [3.05, 3.63) is 0 Å². The first-order valence-electron chi connectivity index (χ1n) is 3.86. The van der Waals surface area contributed by atoms with Gasteiger partial charge in [0.25, 0.3) is 0 Å². The summed E-state index contributed by atoms with van der Waals surface area (Å²) in [6.45, 7) is 5.80. The monoisotopic (exact) mass is 168 g/mol. The van der Waals surface area contributed by atoms with Crippen molar-refractivity contribution in [2.45, 2.75) is 40.0 Å². The van der Waals surface area contributed by atoms with Crippen molar-refractivity contribution in [3.8, 4) is 0 Å². The minimum absolute atomic E-state index is 0. The average molecular weight is 168 g/mol. The van der Waals surface area contributed by atoms with Gasteiger partial charge in [-0.2, -0.15) is 0 Å². The molecule has 0 aliphatic heterocycles. The van der Waals surface area contributed by atoms with E-state index in [0.29, 0.717) is 0 Å². The fourth-order valence-electron chi connectivity index (χ4n) is 1.20. The minimum atomic E-state index is -0.653. The second-order valence-corrected chi connectivity index (χ2v) is 2.65. The molecule has 0 aromatic heterocycles. The van der Waals surface area contributed by atoms with Gasteiger partial charge in [0.15, 0.2) is 0 Å². The molecule has 0 aromatic rings. The van der Waals surface area contributed by atoms with Crippen molar-refractivity contribution in [2.75, 3.05) is 0 Å². The van der Waals surface area contributed by atoms with Gasteiger partial charge in [-0.1, -0.05) is 20.8 Å². The summed E-state index contributed by atoms with van der Waals surface area (Å²) in [6.07, 6.45) is 2.19. The Morgan fingerprint density at radius 2 is 1.45 bits per heavy atom. The van der Waals surface area contributed by atoms with Crippen LogP contribution in [0, 0.1) is 5.41 Å². The van der Waals surface area contributed by atoms with Crippen LogP contribution in [0.3, 0.4) is 0 Å². The van der Waals surface area contributed by atoms with Crippen molar-refractivity contribution < 1.29 is 9.90 Å². The third kappa shape index (κ3) is 3.14. The van der Waals surface area contributed by atoms with Crippen molar-refractivity contribution in [1.82, 2.24) is 0 Å². The average Bonchev–Trinajstić information content (AvgIpc) is 1.92. The van der Waals surface area contributed by atoms with E-state index in [9.17, 15) is 4.79 Å². The van der Waals surface area contributed by atoms with Crippen molar-refractivity contribution in [3.63, 3.8) is 0 Å².